The molecule has 1 atom stereocenters. The van der Waals surface area contributed by atoms with Crippen LogP contribution in [0.4, 0.5) is 0 Å². The summed E-state index contributed by atoms with van der Waals surface area (Å²) < 4.78 is 0. The summed E-state index contributed by atoms with van der Waals surface area (Å²) >= 11 is 1.94. The summed E-state index contributed by atoms with van der Waals surface area (Å²) in [6.45, 7) is 0. The van der Waals surface area contributed by atoms with Crippen LogP contribution in [0.2, 0.25) is 0 Å². The van der Waals surface area contributed by atoms with Gasteiger partial charge < -0.3 is 5.73 Å². The van der Waals surface area contributed by atoms with Gasteiger partial charge in [0.05, 0.1) is 6.04 Å². The summed E-state index contributed by atoms with van der Waals surface area (Å²) in [6.07, 6.45) is 9.00. The average molecular weight is 283 g/mol. The monoisotopic (exact) mass is 283 g/mol. The van der Waals surface area contributed by atoms with Crippen molar-refractivity contribution in [3.63, 3.8) is 0 Å². The minimum absolute atomic E-state index is 0.0674. The second kappa shape index (κ2) is 5.01. The number of hydrogen-bond donors (Lipinski definition) is 1. The van der Waals surface area contributed by atoms with Crippen molar-refractivity contribution in [3.8, 4) is 0 Å². The molecular formula is C18H21NS. The lowest BCUT2D eigenvalue weighted by atomic mass is 9.89. The predicted octanol–water partition coefficient (Wildman–Crippen LogP) is 4.16. The molecule has 2 aromatic rings. The van der Waals surface area contributed by atoms with Crippen LogP contribution in [0, 0.1) is 0 Å². The van der Waals surface area contributed by atoms with Gasteiger partial charge in [-0.15, -0.1) is 11.3 Å². The van der Waals surface area contributed by atoms with Crippen molar-refractivity contribution in [2.45, 2.75) is 51.0 Å². The molecule has 1 heterocycles. The van der Waals surface area contributed by atoms with Crippen LogP contribution in [0.25, 0.3) is 0 Å². The van der Waals surface area contributed by atoms with Crippen molar-refractivity contribution in [2.24, 2.45) is 5.73 Å². The third-order valence-corrected chi connectivity index (χ3v) is 6.12. The second-order valence-corrected chi connectivity index (χ2v) is 7.33. The van der Waals surface area contributed by atoms with E-state index in [9.17, 15) is 0 Å². The Labute approximate surface area is 124 Å². The third-order valence-electron chi connectivity index (χ3n) is 4.80. The highest BCUT2D eigenvalue weighted by Gasteiger charge is 2.20. The van der Waals surface area contributed by atoms with Crippen LogP contribution in [0.15, 0.2) is 24.3 Å². The van der Waals surface area contributed by atoms with Gasteiger partial charge in [-0.2, -0.15) is 0 Å². The van der Waals surface area contributed by atoms with E-state index in [0.717, 1.165) is 0 Å². The highest BCUT2D eigenvalue weighted by atomic mass is 32.1. The smallest absolute Gasteiger partial charge is 0.0646 e. The first kappa shape index (κ1) is 12.6. The van der Waals surface area contributed by atoms with Crippen LogP contribution in [0.1, 0.15) is 57.3 Å². The van der Waals surface area contributed by atoms with Crippen LogP contribution >= 0.6 is 11.3 Å². The van der Waals surface area contributed by atoms with E-state index in [-0.39, 0.29) is 6.04 Å². The van der Waals surface area contributed by atoms with Gasteiger partial charge in [0.2, 0.25) is 0 Å². The molecule has 4 rings (SSSR count). The molecule has 0 saturated heterocycles. The maximum atomic E-state index is 6.52. The van der Waals surface area contributed by atoms with Crippen molar-refractivity contribution >= 4 is 11.3 Å². The van der Waals surface area contributed by atoms with Crippen molar-refractivity contribution in [2.75, 3.05) is 0 Å². The number of rotatable bonds is 2. The van der Waals surface area contributed by atoms with Gasteiger partial charge in [-0.1, -0.05) is 18.2 Å². The minimum Gasteiger partial charge on any atom is -0.320 e. The van der Waals surface area contributed by atoms with E-state index in [1.807, 2.05) is 11.3 Å². The minimum atomic E-state index is 0.0674. The van der Waals surface area contributed by atoms with E-state index < -0.39 is 0 Å². The zero-order valence-corrected chi connectivity index (χ0v) is 12.6. The van der Waals surface area contributed by atoms with E-state index in [4.69, 9.17) is 5.73 Å². The molecular weight excluding hydrogens is 262 g/mol. The fraction of sp³-hybridized carbons (Fsp3) is 0.444. The van der Waals surface area contributed by atoms with Crippen molar-refractivity contribution < 1.29 is 0 Å². The molecule has 0 spiro atoms. The Balaban J connectivity index is 1.65. The standard InChI is InChI=1S/C18H21NS/c19-18(17-11-14-6-3-7-16(14)20-17)15-9-8-12-4-1-2-5-13(12)10-15/h8-11,18H,1-7,19H2. The summed E-state index contributed by atoms with van der Waals surface area (Å²) in [4.78, 5) is 2.93. The van der Waals surface area contributed by atoms with Crippen LogP contribution in [-0.4, -0.2) is 0 Å². The molecule has 2 aliphatic carbocycles. The molecule has 0 radical (unpaired) electrons. The molecule has 20 heavy (non-hydrogen) atoms. The molecule has 1 unspecified atom stereocenters. The molecule has 2 N–H and O–H groups in total. The van der Waals surface area contributed by atoms with Crippen molar-refractivity contribution in [1.82, 2.24) is 0 Å². The summed E-state index contributed by atoms with van der Waals surface area (Å²) in [5.74, 6) is 0. The summed E-state index contributed by atoms with van der Waals surface area (Å²) in [5.41, 5.74) is 12.4. The Morgan fingerprint density at radius 3 is 2.50 bits per heavy atom. The lowest BCUT2D eigenvalue weighted by Gasteiger charge is -2.18. The lowest BCUT2D eigenvalue weighted by molar-refractivity contribution is 0.683. The number of fused-ring (bicyclic) bond motifs is 2. The normalized spacial score (nSPS) is 18.6. The quantitative estimate of drug-likeness (QED) is 0.879. The molecule has 0 fully saturated rings. The van der Waals surface area contributed by atoms with Gasteiger partial charge in [0.1, 0.15) is 0 Å². The molecule has 1 nitrogen and oxygen atoms in total. The Morgan fingerprint density at radius 1 is 0.850 bits per heavy atom. The highest BCUT2D eigenvalue weighted by molar-refractivity contribution is 7.12. The molecule has 1 aromatic carbocycles. The maximum Gasteiger partial charge on any atom is 0.0646 e. The van der Waals surface area contributed by atoms with Crippen LogP contribution in [0.5, 0.6) is 0 Å². The second-order valence-electron chi connectivity index (χ2n) is 6.16. The highest BCUT2D eigenvalue weighted by Crippen LogP contribution is 2.35. The fourth-order valence-corrected chi connectivity index (χ4v) is 4.90. The van der Waals surface area contributed by atoms with E-state index in [0.29, 0.717) is 0 Å². The van der Waals surface area contributed by atoms with Gasteiger partial charge in [-0.05, 0) is 73.3 Å². The molecule has 2 aliphatic rings. The Hall–Kier alpha value is -1.12. The van der Waals surface area contributed by atoms with Gasteiger partial charge in [-0.25, -0.2) is 0 Å². The average Bonchev–Trinajstić information content (AvgIpc) is 3.07. The summed E-state index contributed by atoms with van der Waals surface area (Å²) in [6, 6.07) is 9.35. The predicted molar refractivity (Wildman–Crippen MR) is 85.5 cm³/mol. The summed E-state index contributed by atoms with van der Waals surface area (Å²) in [5, 5.41) is 0. The van der Waals surface area contributed by atoms with Gasteiger partial charge in [0.25, 0.3) is 0 Å². The van der Waals surface area contributed by atoms with Gasteiger partial charge in [0.15, 0.2) is 0 Å². The molecule has 0 amide bonds. The van der Waals surface area contributed by atoms with Gasteiger partial charge in [-0.3, -0.25) is 0 Å². The number of thiophene rings is 1. The van der Waals surface area contributed by atoms with Gasteiger partial charge in [0, 0.05) is 9.75 Å². The maximum absolute atomic E-state index is 6.52. The SMILES string of the molecule is NC(c1ccc2c(c1)CCCC2)c1cc2c(s1)CCC2. The van der Waals surface area contributed by atoms with Crippen molar-refractivity contribution in [1.29, 1.82) is 0 Å². The Kier molecular flexibility index (Phi) is 3.16. The third kappa shape index (κ3) is 2.11. The fourth-order valence-electron chi connectivity index (χ4n) is 3.62. The molecule has 0 aliphatic heterocycles. The van der Waals surface area contributed by atoms with Gasteiger partial charge >= 0.3 is 0 Å². The number of hydrogen-bond acceptors (Lipinski definition) is 2. The van der Waals surface area contributed by atoms with E-state index in [1.165, 1.54) is 60.9 Å². The first-order chi connectivity index (χ1) is 9.81. The molecule has 0 saturated carbocycles. The van der Waals surface area contributed by atoms with Crippen LogP contribution in [-0.2, 0) is 25.7 Å². The zero-order valence-electron chi connectivity index (χ0n) is 11.8. The number of aryl methyl sites for hydroxylation is 4. The number of benzene rings is 1. The Morgan fingerprint density at radius 2 is 1.65 bits per heavy atom. The molecule has 104 valence electrons. The van der Waals surface area contributed by atoms with Crippen LogP contribution < -0.4 is 5.73 Å². The topological polar surface area (TPSA) is 26.0 Å². The lowest BCUT2D eigenvalue weighted by Crippen LogP contribution is -2.12. The van der Waals surface area contributed by atoms with E-state index >= 15 is 0 Å². The number of nitrogens with two attached hydrogens (primary N) is 1. The molecule has 2 heteroatoms. The molecule has 0 bridgehead atoms. The zero-order chi connectivity index (χ0) is 13.5. The Bertz CT molecular complexity index is 619. The first-order valence-corrected chi connectivity index (χ1v) is 8.62. The van der Waals surface area contributed by atoms with Crippen molar-refractivity contribution in [3.05, 3.63) is 56.3 Å². The van der Waals surface area contributed by atoms with E-state index in [2.05, 4.69) is 24.3 Å². The van der Waals surface area contributed by atoms with Crippen LogP contribution in [0.3, 0.4) is 0 Å². The van der Waals surface area contributed by atoms with E-state index in [1.54, 1.807) is 16.0 Å². The summed E-state index contributed by atoms with van der Waals surface area (Å²) in [7, 11) is 0. The largest absolute Gasteiger partial charge is 0.320 e. The molecule has 1 aromatic heterocycles. The first-order valence-electron chi connectivity index (χ1n) is 7.80.